The molecule has 0 unspecified atom stereocenters. The van der Waals surface area contributed by atoms with Crippen LogP contribution in [0.4, 0.5) is 0 Å². The molecule has 2 nitrogen and oxygen atoms in total. The molecule has 2 heteroatoms. The molecule has 3 aromatic carbocycles. The molecule has 0 fully saturated rings. The first kappa shape index (κ1) is 21.8. The van der Waals surface area contributed by atoms with E-state index in [1.165, 1.54) is 5.56 Å². The second kappa shape index (κ2) is 9.76. The molecule has 3 aromatic rings. The third kappa shape index (κ3) is 5.60. The number of rotatable bonds is 6. The summed E-state index contributed by atoms with van der Waals surface area (Å²) in [4.78, 5) is 2.36. The highest BCUT2D eigenvalue weighted by molar-refractivity contribution is 5.37. The number of nitrogens with zero attached hydrogens (tertiary/aromatic N) is 1. The summed E-state index contributed by atoms with van der Waals surface area (Å²) in [5.74, 6) is 6.59. The number of hydrogen-bond acceptors (Lipinski definition) is 2. The third-order valence-corrected chi connectivity index (χ3v) is 5.41. The van der Waals surface area contributed by atoms with Crippen LogP contribution in [-0.4, -0.2) is 22.1 Å². The van der Waals surface area contributed by atoms with E-state index in [9.17, 15) is 5.11 Å². The van der Waals surface area contributed by atoms with Gasteiger partial charge in [-0.3, -0.25) is 4.90 Å². The third-order valence-electron chi connectivity index (χ3n) is 5.41. The Bertz CT molecular complexity index is 924. The lowest BCUT2D eigenvalue weighted by atomic mass is 9.84. The molecule has 0 aliphatic heterocycles. The van der Waals surface area contributed by atoms with Gasteiger partial charge >= 0.3 is 0 Å². The Morgan fingerprint density at radius 3 is 1.63 bits per heavy atom. The smallest absolute Gasteiger partial charge is 0.125 e. The number of hydrogen-bond donors (Lipinski definition) is 1. The maximum Gasteiger partial charge on any atom is 0.125 e. The molecule has 0 spiro atoms. The Morgan fingerprint density at radius 2 is 1.17 bits per heavy atom. The van der Waals surface area contributed by atoms with Gasteiger partial charge in [0.2, 0.25) is 0 Å². The molecule has 154 valence electrons. The molecule has 0 aliphatic rings. The highest BCUT2D eigenvalue weighted by Crippen LogP contribution is 2.32. The van der Waals surface area contributed by atoms with Crippen molar-refractivity contribution in [2.45, 2.75) is 44.9 Å². The van der Waals surface area contributed by atoms with Crippen molar-refractivity contribution in [2.75, 3.05) is 6.54 Å². The molecular weight excluding hydrogens is 366 g/mol. The Kier molecular flexibility index (Phi) is 7.11. The highest BCUT2D eigenvalue weighted by atomic mass is 16.3. The first-order chi connectivity index (χ1) is 14.4. The first-order valence-electron chi connectivity index (χ1n) is 10.5. The fourth-order valence-corrected chi connectivity index (χ4v) is 3.47. The maximum atomic E-state index is 11.6. The zero-order chi connectivity index (χ0) is 21.5. The Balaban J connectivity index is 1.79. The van der Waals surface area contributed by atoms with Crippen molar-refractivity contribution < 1.29 is 5.11 Å². The van der Waals surface area contributed by atoms with Crippen molar-refractivity contribution >= 4 is 0 Å². The fourth-order valence-electron chi connectivity index (χ4n) is 3.47. The second-order valence-electron chi connectivity index (χ2n) is 8.64. The van der Waals surface area contributed by atoms with Crippen LogP contribution in [0.25, 0.3) is 0 Å². The van der Waals surface area contributed by atoms with Crippen molar-refractivity contribution in [3.05, 3.63) is 108 Å². The van der Waals surface area contributed by atoms with E-state index < -0.39 is 5.60 Å². The van der Waals surface area contributed by atoms with E-state index in [0.29, 0.717) is 13.0 Å². The molecule has 3 rings (SSSR count). The van der Waals surface area contributed by atoms with Gasteiger partial charge < -0.3 is 5.11 Å². The van der Waals surface area contributed by atoms with Crippen LogP contribution in [0.15, 0.2) is 91.0 Å². The van der Waals surface area contributed by atoms with Gasteiger partial charge in [0.05, 0.1) is 6.54 Å². The minimum absolute atomic E-state index is 0.000313. The molecule has 0 heterocycles. The van der Waals surface area contributed by atoms with Gasteiger partial charge in [-0.15, -0.1) is 0 Å². The van der Waals surface area contributed by atoms with Crippen molar-refractivity contribution in [3.8, 4) is 11.8 Å². The summed E-state index contributed by atoms with van der Waals surface area (Å²) in [6, 6.07) is 30.1. The Labute approximate surface area is 181 Å². The summed E-state index contributed by atoms with van der Waals surface area (Å²) in [6.45, 7) is 8.13. The zero-order valence-corrected chi connectivity index (χ0v) is 18.2. The summed E-state index contributed by atoms with van der Waals surface area (Å²) >= 11 is 0. The minimum Gasteiger partial charge on any atom is -0.379 e. The van der Waals surface area contributed by atoms with Gasteiger partial charge in [-0.05, 0) is 37.5 Å². The van der Waals surface area contributed by atoms with Crippen LogP contribution in [-0.2, 0) is 12.1 Å². The predicted molar refractivity (Wildman–Crippen MR) is 125 cm³/mol. The van der Waals surface area contributed by atoms with Crippen LogP contribution in [0.3, 0.4) is 0 Å². The molecule has 0 bridgehead atoms. The average molecular weight is 398 g/mol. The van der Waals surface area contributed by atoms with Crippen LogP contribution >= 0.6 is 0 Å². The SMILES string of the molecule is CC(C)(C)N(CC#CCC(O)(c1ccccc1)c1ccccc1)Cc1ccccc1. The molecule has 0 atom stereocenters. The van der Waals surface area contributed by atoms with Gasteiger partial charge in [0.15, 0.2) is 0 Å². The molecule has 30 heavy (non-hydrogen) atoms. The highest BCUT2D eigenvalue weighted by Gasteiger charge is 2.30. The van der Waals surface area contributed by atoms with E-state index in [1.54, 1.807) is 0 Å². The van der Waals surface area contributed by atoms with Gasteiger partial charge in [0.25, 0.3) is 0 Å². The molecule has 0 amide bonds. The average Bonchev–Trinajstić information content (AvgIpc) is 2.77. The zero-order valence-electron chi connectivity index (χ0n) is 18.2. The van der Waals surface area contributed by atoms with E-state index in [-0.39, 0.29) is 5.54 Å². The molecule has 0 aliphatic carbocycles. The summed E-state index contributed by atoms with van der Waals surface area (Å²) in [5.41, 5.74) is 1.88. The van der Waals surface area contributed by atoms with E-state index >= 15 is 0 Å². The maximum absolute atomic E-state index is 11.6. The number of aliphatic hydroxyl groups is 1. The molecular formula is C28H31NO. The van der Waals surface area contributed by atoms with Gasteiger partial charge in [-0.1, -0.05) is 103 Å². The summed E-state index contributed by atoms with van der Waals surface area (Å²) in [5, 5.41) is 11.6. The Morgan fingerprint density at radius 1 is 0.700 bits per heavy atom. The monoisotopic (exact) mass is 397 g/mol. The van der Waals surface area contributed by atoms with Crippen molar-refractivity contribution in [2.24, 2.45) is 0 Å². The lowest BCUT2D eigenvalue weighted by Crippen LogP contribution is -2.41. The van der Waals surface area contributed by atoms with Crippen molar-refractivity contribution in [1.82, 2.24) is 4.90 Å². The van der Waals surface area contributed by atoms with Crippen molar-refractivity contribution in [3.63, 3.8) is 0 Å². The quantitative estimate of drug-likeness (QED) is 0.546. The van der Waals surface area contributed by atoms with Gasteiger partial charge in [0, 0.05) is 18.5 Å². The lowest BCUT2D eigenvalue weighted by Gasteiger charge is -2.34. The largest absolute Gasteiger partial charge is 0.379 e. The normalized spacial score (nSPS) is 11.8. The topological polar surface area (TPSA) is 23.5 Å². The predicted octanol–water partition coefficient (Wildman–Crippen LogP) is 5.62. The van der Waals surface area contributed by atoms with Crippen molar-refractivity contribution in [1.29, 1.82) is 0 Å². The first-order valence-corrected chi connectivity index (χ1v) is 10.5. The Hall–Kier alpha value is -2.86. The van der Waals surface area contributed by atoms with Crippen LogP contribution < -0.4 is 0 Å². The van der Waals surface area contributed by atoms with Gasteiger partial charge in [-0.25, -0.2) is 0 Å². The molecule has 0 radical (unpaired) electrons. The van der Waals surface area contributed by atoms with Crippen LogP contribution in [0.1, 0.15) is 43.9 Å². The van der Waals surface area contributed by atoms with Crippen LogP contribution in [0.5, 0.6) is 0 Å². The molecule has 1 N–H and O–H groups in total. The van der Waals surface area contributed by atoms with E-state index in [0.717, 1.165) is 17.7 Å². The lowest BCUT2D eigenvalue weighted by molar-refractivity contribution is 0.0864. The minimum atomic E-state index is -1.12. The van der Waals surface area contributed by atoms with E-state index in [4.69, 9.17) is 0 Å². The second-order valence-corrected chi connectivity index (χ2v) is 8.64. The molecule has 0 saturated carbocycles. The summed E-state index contributed by atoms with van der Waals surface area (Å²) in [6.07, 6.45) is 0.352. The fraction of sp³-hybridized carbons (Fsp3) is 0.286. The van der Waals surface area contributed by atoms with Gasteiger partial charge in [-0.2, -0.15) is 0 Å². The molecule has 0 saturated heterocycles. The summed E-state index contributed by atoms with van der Waals surface area (Å²) in [7, 11) is 0. The molecule has 0 aromatic heterocycles. The van der Waals surface area contributed by atoms with Gasteiger partial charge in [0.1, 0.15) is 5.60 Å². The number of benzene rings is 3. The van der Waals surface area contributed by atoms with E-state index in [1.807, 2.05) is 66.7 Å². The van der Waals surface area contributed by atoms with Crippen LogP contribution in [0, 0.1) is 11.8 Å². The standard InChI is InChI=1S/C28H31NO/c1-27(2,3)29(23-24-15-7-4-8-16-24)22-14-13-21-28(30,25-17-9-5-10-18-25)26-19-11-6-12-20-26/h4-12,15-20,30H,21-23H2,1-3H3. The summed E-state index contributed by atoms with van der Waals surface area (Å²) < 4.78 is 0. The van der Waals surface area contributed by atoms with Crippen LogP contribution in [0.2, 0.25) is 0 Å². The van der Waals surface area contributed by atoms with E-state index in [2.05, 4.69) is 61.8 Å².